The number of carbonyl (C=O) groups excluding carboxylic acids is 1. The number of aromatic amines is 1. The summed E-state index contributed by atoms with van der Waals surface area (Å²) in [6.07, 6.45) is 2.66. The van der Waals surface area contributed by atoms with Crippen LogP contribution in [-0.4, -0.2) is 41.4 Å². The molecule has 9 nitrogen and oxygen atoms in total. The molecule has 2 N–H and O–H groups in total. The lowest BCUT2D eigenvalue weighted by atomic mass is 10.2. The number of rotatable bonds is 8. The number of methoxy groups -OCH3 is 1. The molecule has 0 aliphatic carbocycles. The Morgan fingerprint density at radius 3 is 2.75 bits per heavy atom. The van der Waals surface area contributed by atoms with Crippen molar-refractivity contribution in [3.8, 4) is 23.6 Å². The lowest BCUT2D eigenvalue weighted by Gasteiger charge is -2.08. The first kappa shape index (κ1) is 21.9. The van der Waals surface area contributed by atoms with Gasteiger partial charge in [0, 0.05) is 6.08 Å². The number of nitrogens with zero attached hydrogens (tertiary/aromatic N) is 3. The summed E-state index contributed by atoms with van der Waals surface area (Å²) in [6, 6.07) is 15.8. The summed E-state index contributed by atoms with van der Waals surface area (Å²) < 4.78 is 15.5. The van der Waals surface area contributed by atoms with Gasteiger partial charge >= 0.3 is 5.97 Å². The molecule has 0 saturated heterocycles. The zero-order valence-corrected chi connectivity index (χ0v) is 17.0. The summed E-state index contributed by atoms with van der Waals surface area (Å²) >= 11 is 0. The van der Waals surface area contributed by atoms with E-state index in [0.29, 0.717) is 28.1 Å². The van der Waals surface area contributed by atoms with Gasteiger partial charge in [-0.2, -0.15) is 10.5 Å². The van der Waals surface area contributed by atoms with Gasteiger partial charge in [0.1, 0.15) is 24.3 Å². The van der Waals surface area contributed by atoms with E-state index in [1.807, 2.05) is 18.2 Å². The van der Waals surface area contributed by atoms with E-state index in [1.54, 1.807) is 36.4 Å². The van der Waals surface area contributed by atoms with Gasteiger partial charge in [-0.05, 0) is 35.9 Å². The van der Waals surface area contributed by atoms with Crippen molar-refractivity contribution in [2.45, 2.75) is 0 Å². The molecule has 0 bridgehead atoms. The van der Waals surface area contributed by atoms with Gasteiger partial charge < -0.3 is 24.3 Å². The number of aliphatic hydroxyl groups excluding tert-OH is 1. The third-order valence-electron chi connectivity index (χ3n) is 4.27. The Labute approximate surface area is 183 Å². The second-order valence-electron chi connectivity index (χ2n) is 6.33. The summed E-state index contributed by atoms with van der Waals surface area (Å²) in [4.78, 5) is 19.2. The number of allylic oxidation sites excluding steroid dienone is 1. The molecule has 3 aromatic rings. The van der Waals surface area contributed by atoms with Crippen molar-refractivity contribution in [2.24, 2.45) is 0 Å². The molecule has 0 aliphatic heterocycles. The van der Waals surface area contributed by atoms with Crippen LogP contribution in [-0.2, 0) is 9.53 Å². The molecule has 0 radical (unpaired) electrons. The number of fused-ring (bicyclic) bond motifs is 1. The number of para-hydroxylation sites is 2. The minimum atomic E-state index is -0.720. The summed E-state index contributed by atoms with van der Waals surface area (Å²) in [5, 5.41) is 28.2. The van der Waals surface area contributed by atoms with Gasteiger partial charge in [-0.15, -0.1) is 0 Å². The van der Waals surface area contributed by atoms with Crippen molar-refractivity contribution < 1.29 is 24.1 Å². The molecule has 0 amide bonds. The number of imidazole rings is 1. The number of aliphatic hydroxyl groups is 1. The van der Waals surface area contributed by atoms with Crippen molar-refractivity contribution >= 4 is 28.7 Å². The SMILES string of the molecule is COc1cc(C=CC(=O)OC/C(O)=C(\C#N)c2nc3ccccc3[nH]2)ccc1OCC#N. The molecule has 0 aliphatic rings. The molecule has 0 spiro atoms. The minimum absolute atomic E-state index is 0.115. The highest BCUT2D eigenvalue weighted by Gasteiger charge is 2.14. The van der Waals surface area contributed by atoms with E-state index >= 15 is 0 Å². The summed E-state index contributed by atoms with van der Waals surface area (Å²) in [7, 11) is 1.46. The van der Waals surface area contributed by atoms with Crippen LogP contribution < -0.4 is 9.47 Å². The van der Waals surface area contributed by atoms with Crippen molar-refractivity contribution in [3.05, 3.63) is 65.7 Å². The minimum Gasteiger partial charge on any atom is -0.507 e. The van der Waals surface area contributed by atoms with Crippen LogP contribution in [0.2, 0.25) is 0 Å². The van der Waals surface area contributed by atoms with Crippen molar-refractivity contribution in [1.29, 1.82) is 10.5 Å². The van der Waals surface area contributed by atoms with Gasteiger partial charge in [0.15, 0.2) is 29.7 Å². The maximum absolute atomic E-state index is 12.0. The van der Waals surface area contributed by atoms with E-state index in [4.69, 9.17) is 19.5 Å². The Morgan fingerprint density at radius 1 is 1.22 bits per heavy atom. The molecule has 2 aromatic carbocycles. The molecule has 32 heavy (non-hydrogen) atoms. The molecule has 160 valence electrons. The highest BCUT2D eigenvalue weighted by atomic mass is 16.5. The van der Waals surface area contributed by atoms with Crippen LogP contribution in [0.25, 0.3) is 22.7 Å². The summed E-state index contributed by atoms with van der Waals surface area (Å²) in [6.45, 7) is -0.610. The van der Waals surface area contributed by atoms with Crippen molar-refractivity contribution in [3.63, 3.8) is 0 Å². The average Bonchev–Trinajstić information content (AvgIpc) is 3.24. The van der Waals surface area contributed by atoms with Gasteiger partial charge in [-0.25, -0.2) is 9.78 Å². The number of hydrogen-bond acceptors (Lipinski definition) is 8. The topological polar surface area (TPSA) is 141 Å². The number of esters is 1. The van der Waals surface area contributed by atoms with E-state index in [1.165, 1.54) is 19.3 Å². The molecular weight excluding hydrogens is 412 g/mol. The highest BCUT2D eigenvalue weighted by Crippen LogP contribution is 2.28. The van der Waals surface area contributed by atoms with Crippen LogP contribution in [0.1, 0.15) is 11.4 Å². The smallest absolute Gasteiger partial charge is 0.331 e. The molecule has 0 atom stereocenters. The number of nitrogens with one attached hydrogen (secondary N) is 1. The Morgan fingerprint density at radius 2 is 2.03 bits per heavy atom. The molecule has 3 rings (SSSR count). The number of aromatic nitrogens is 2. The fraction of sp³-hybridized carbons (Fsp3) is 0.130. The fourth-order valence-corrected chi connectivity index (χ4v) is 2.77. The maximum Gasteiger partial charge on any atom is 0.331 e. The Bertz CT molecular complexity index is 1240. The third-order valence-corrected chi connectivity index (χ3v) is 4.27. The van der Waals surface area contributed by atoms with E-state index in [2.05, 4.69) is 9.97 Å². The second-order valence-corrected chi connectivity index (χ2v) is 6.33. The molecule has 0 unspecified atom stereocenters. The monoisotopic (exact) mass is 430 g/mol. The highest BCUT2D eigenvalue weighted by molar-refractivity contribution is 5.87. The Hall–Kier alpha value is -4.76. The molecule has 1 heterocycles. The first-order valence-corrected chi connectivity index (χ1v) is 9.35. The van der Waals surface area contributed by atoms with E-state index < -0.39 is 18.3 Å². The summed E-state index contributed by atoms with van der Waals surface area (Å²) in [5.41, 5.74) is 1.86. The van der Waals surface area contributed by atoms with Crippen LogP contribution in [0, 0.1) is 22.7 Å². The van der Waals surface area contributed by atoms with Crippen LogP contribution >= 0.6 is 0 Å². The number of H-pyrrole nitrogens is 1. The van der Waals surface area contributed by atoms with Crippen molar-refractivity contribution in [1.82, 2.24) is 9.97 Å². The molecule has 0 saturated carbocycles. The molecule has 0 fully saturated rings. The van der Waals surface area contributed by atoms with Crippen molar-refractivity contribution in [2.75, 3.05) is 20.3 Å². The number of nitriles is 2. The molecule has 9 heteroatoms. The van der Waals surface area contributed by atoms with Crippen LogP contribution in [0.4, 0.5) is 0 Å². The lowest BCUT2D eigenvalue weighted by molar-refractivity contribution is -0.137. The van der Waals surface area contributed by atoms with E-state index in [9.17, 15) is 15.2 Å². The predicted molar refractivity (Wildman–Crippen MR) is 115 cm³/mol. The van der Waals surface area contributed by atoms with E-state index in [0.717, 1.165) is 0 Å². The predicted octanol–water partition coefficient (Wildman–Crippen LogP) is 3.52. The third kappa shape index (κ3) is 5.23. The quantitative estimate of drug-likeness (QED) is 0.239. The molecule has 1 aromatic heterocycles. The Balaban J connectivity index is 1.66. The van der Waals surface area contributed by atoms with Gasteiger partial charge in [-0.1, -0.05) is 18.2 Å². The number of ether oxygens (including phenoxy) is 3. The largest absolute Gasteiger partial charge is 0.507 e. The van der Waals surface area contributed by atoms with Gasteiger partial charge in [0.2, 0.25) is 0 Å². The first-order valence-electron chi connectivity index (χ1n) is 9.35. The lowest BCUT2D eigenvalue weighted by Crippen LogP contribution is -2.06. The maximum atomic E-state index is 12.0. The van der Waals surface area contributed by atoms with Gasteiger partial charge in [-0.3, -0.25) is 0 Å². The average molecular weight is 430 g/mol. The standard InChI is InChI=1S/C23H18N4O5/c1-30-21-12-15(6-8-20(21)31-11-10-24)7-9-22(29)32-14-19(28)16(13-25)23-26-17-4-2-3-5-18(17)27-23/h2-9,12,28H,11,14H2,1H3,(H,26,27)/b9-7?,19-16-. The number of benzene rings is 2. The number of hydrogen-bond donors (Lipinski definition) is 2. The van der Waals surface area contributed by atoms with Gasteiger partial charge in [0.05, 0.1) is 18.1 Å². The van der Waals surface area contributed by atoms with Crippen LogP contribution in [0.3, 0.4) is 0 Å². The second kappa shape index (κ2) is 10.3. The van der Waals surface area contributed by atoms with E-state index in [-0.39, 0.29) is 18.0 Å². The molecular formula is C23H18N4O5. The van der Waals surface area contributed by atoms with Crippen LogP contribution in [0.15, 0.2) is 54.3 Å². The fourth-order valence-electron chi connectivity index (χ4n) is 2.77. The normalized spacial score (nSPS) is 11.5. The number of carbonyl (C=O) groups is 1. The first-order chi connectivity index (χ1) is 15.5. The summed E-state index contributed by atoms with van der Waals surface area (Å²) in [5.74, 6) is -0.154. The van der Waals surface area contributed by atoms with Crippen LogP contribution in [0.5, 0.6) is 11.5 Å². The Kier molecular flexibility index (Phi) is 7.08. The zero-order valence-electron chi connectivity index (χ0n) is 17.0. The van der Waals surface area contributed by atoms with Gasteiger partial charge in [0.25, 0.3) is 0 Å². The zero-order chi connectivity index (χ0) is 22.9.